The van der Waals surface area contributed by atoms with Crippen LogP contribution in [0.2, 0.25) is 0 Å². The fourth-order valence-corrected chi connectivity index (χ4v) is 6.89. The molecule has 0 bridgehead atoms. The second kappa shape index (κ2) is 8.38. The van der Waals surface area contributed by atoms with Crippen LogP contribution in [0.4, 0.5) is 0 Å². The van der Waals surface area contributed by atoms with Gasteiger partial charge in [0, 0.05) is 31.1 Å². The van der Waals surface area contributed by atoms with Gasteiger partial charge >= 0.3 is 0 Å². The smallest absolute Gasteiger partial charge is 0.273 e. The van der Waals surface area contributed by atoms with E-state index in [9.17, 15) is 13.2 Å². The van der Waals surface area contributed by atoms with Crippen LogP contribution in [0.25, 0.3) is 0 Å². The lowest BCUT2D eigenvalue weighted by Gasteiger charge is -2.39. The molecule has 1 saturated heterocycles. The second-order valence-electron chi connectivity index (χ2n) is 9.19. The number of nitrogens with zero attached hydrogens (tertiary/aromatic N) is 2. The summed E-state index contributed by atoms with van der Waals surface area (Å²) < 4.78 is 33.2. The Morgan fingerprint density at radius 2 is 1.93 bits per heavy atom. The van der Waals surface area contributed by atoms with E-state index in [-0.39, 0.29) is 23.1 Å². The monoisotopic (exact) mass is 423 g/mol. The van der Waals surface area contributed by atoms with Gasteiger partial charge in [-0.05, 0) is 56.8 Å². The van der Waals surface area contributed by atoms with Crippen molar-refractivity contribution in [2.45, 2.75) is 82.4 Å². The second-order valence-corrected chi connectivity index (χ2v) is 11.4. The van der Waals surface area contributed by atoms with Gasteiger partial charge in [-0.25, -0.2) is 12.7 Å². The summed E-state index contributed by atoms with van der Waals surface area (Å²) in [5.41, 5.74) is 0.321. The summed E-state index contributed by atoms with van der Waals surface area (Å²) in [6.07, 6.45) is 7.56. The van der Waals surface area contributed by atoms with Gasteiger partial charge < -0.3 is 9.84 Å². The molecule has 2 aliphatic carbocycles. The Bertz CT molecular complexity index is 825. The molecule has 1 aromatic heterocycles. The van der Waals surface area contributed by atoms with E-state index in [0.29, 0.717) is 37.0 Å². The van der Waals surface area contributed by atoms with Gasteiger partial charge in [0.2, 0.25) is 10.0 Å². The van der Waals surface area contributed by atoms with Crippen molar-refractivity contribution in [3.8, 4) is 0 Å². The SMILES string of the molecule is CCC1CCC(S(=O)(=O)N2CC[C@@H](NC(=O)c3cc(C4CC4)on3)[C@@H](C)C2)CC1. The van der Waals surface area contributed by atoms with Gasteiger partial charge in [-0.15, -0.1) is 0 Å². The van der Waals surface area contributed by atoms with Gasteiger partial charge in [-0.1, -0.05) is 25.4 Å². The van der Waals surface area contributed by atoms with Crippen LogP contribution < -0.4 is 5.32 Å². The molecule has 1 aliphatic heterocycles. The Hall–Kier alpha value is -1.41. The minimum Gasteiger partial charge on any atom is -0.360 e. The summed E-state index contributed by atoms with van der Waals surface area (Å²) >= 11 is 0. The standard InChI is InChI=1S/C21H33N3O4S/c1-3-15-4-8-17(9-5-15)29(26,27)24-11-10-18(14(2)13-24)22-21(25)19-12-20(28-23-19)16-6-7-16/h12,14-18H,3-11,13H2,1-2H3,(H,22,25)/t14-,15?,17?,18+/m0/s1. The molecule has 4 rings (SSSR count). The number of carbonyl (C=O) groups is 1. The van der Waals surface area contributed by atoms with E-state index in [1.54, 1.807) is 10.4 Å². The van der Waals surface area contributed by atoms with E-state index in [1.165, 1.54) is 0 Å². The predicted molar refractivity (Wildman–Crippen MR) is 110 cm³/mol. The summed E-state index contributed by atoms with van der Waals surface area (Å²) in [5.74, 6) is 1.72. The lowest BCUT2D eigenvalue weighted by molar-refractivity contribution is 0.0891. The molecule has 0 unspecified atom stereocenters. The Kier molecular flexibility index (Phi) is 6.02. The maximum absolute atomic E-state index is 13.1. The third-order valence-corrected chi connectivity index (χ3v) is 9.44. The first kappa shape index (κ1) is 20.8. The van der Waals surface area contributed by atoms with Crippen molar-refractivity contribution in [2.24, 2.45) is 11.8 Å². The van der Waals surface area contributed by atoms with E-state index in [1.807, 2.05) is 6.92 Å². The average molecular weight is 424 g/mol. The molecule has 2 heterocycles. The van der Waals surface area contributed by atoms with E-state index >= 15 is 0 Å². The van der Waals surface area contributed by atoms with E-state index < -0.39 is 10.0 Å². The highest BCUT2D eigenvalue weighted by Gasteiger charge is 2.39. The van der Waals surface area contributed by atoms with Crippen molar-refractivity contribution in [3.05, 3.63) is 17.5 Å². The molecule has 1 N–H and O–H groups in total. The summed E-state index contributed by atoms with van der Waals surface area (Å²) in [4.78, 5) is 12.5. The lowest BCUT2D eigenvalue weighted by atomic mass is 9.87. The number of sulfonamides is 1. The molecule has 8 heteroatoms. The number of hydrogen-bond acceptors (Lipinski definition) is 5. The number of piperidine rings is 1. The zero-order valence-electron chi connectivity index (χ0n) is 17.5. The van der Waals surface area contributed by atoms with Gasteiger partial charge in [0.1, 0.15) is 5.76 Å². The molecular weight excluding hydrogens is 390 g/mol. The van der Waals surface area contributed by atoms with Gasteiger partial charge in [0.05, 0.1) is 5.25 Å². The maximum Gasteiger partial charge on any atom is 0.273 e. The third kappa shape index (κ3) is 4.53. The molecule has 0 radical (unpaired) electrons. The minimum atomic E-state index is -3.26. The number of nitrogens with one attached hydrogen (secondary N) is 1. The van der Waals surface area contributed by atoms with Gasteiger partial charge in [0.25, 0.3) is 5.91 Å². The van der Waals surface area contributed by atoms with Gasteiger partial charge in [-0.2, -0.15) is 0 Å². The van der Waals surface area contributed by atoms with Crippen molar-refractivity contribution in [1.82, 2.24) is 14.8 Å². The summed E-state index contributed by atoms with van der Waals surface area (Å²) in [6.45, 7) is 5.13. The molecule has 0 aromatic carbocycles. The number of rotatable bonds is 6. The molecule has 29 heavy (non-hydrogen) atoms. The highest BCUT2D eigenvalue weighted by atomic mass is 32.2. The minimum absolute atomic E-state index is 0.0501. The maximum atomic E-state index is 13.1. The van der Waals surface area contributed by atoms with Crippen molar-refractivity contribution < 1.29 is 17.7 Å². The Morgan fingerprint density at radius 3 is 2.55 bits per heavy atom. The molecule has 7 nitrogen and oxygen atoms in total. The number of aromatic nitrogens is 1. The predicted octanol–water partition coefficient (Wildman–Crippen LogP) is 3.29. The largest absolute Gasteiger partial charge is 0.360 e. The van der Waals surface area contributed by atoms with Crippen LogP contribution in [-0.2, 0) is 10.0 Å². The van der Waals surface area contributed by atoms with Crippen LogP contribution in [0.1, 0.15) is 87.4 Å². The molecule has 162 valence electrons. The zero-order valence-corrected chi connectivity index (χ0v) is 18.3. The number of amides is 1. The van der Waals surface area contributed by atoms with Crippen LogP contribution in [-0.4, -0.2) is 48.2 Å². The van der Waals surface area contributed by atoms with Gasteiger partial charge in [-0.3, -0.25) is 4.79 Å². The molecule has 1 aromatic rings. The topological polar surface area (TPSA) is 92.5 Å². The van der Waals surface area contributed by atoms with Crippen LogP contribution in [0.5, 0.6) is 0 Å². The first-order valence-corrected chi connectivity index (χ1v) is 12.6. The Balaban J connectivity index is 1.32. The summed E-state index contributed by atoms with van der Waals surface area (Å²) in [5, 5.41) is 6.71. The molecule has 2 saturated carbocycles. The highest BCUT2D eigenvalue weighted by molar-refractivity contribution is 7.89. The van der Waals surface area contributed by atoms with E-state index in [2.05, 4.69) is 17.4 Å². The Labute approximate surface area is 173 Å². The van der Waals surface area contributed by atoms with Crippen molar-refractivity contribution in [1.29, 1.82) is 0 Å². The summed E-state index contributed by atoms with van der Waals surface area (Å²) in [6, 6.07) is 1.69. The fraction of sp³-hybridized carbons (Fsp3) is 0.810. The van der Waals surface area contributed by atoms with Crippen LogP contribution in [0.3, 0.4) is 0 Å². The molecular formula is C21H33N3O4S. The van der Waals surface area contributed by atoms with Crippen LogP contribution >= 0.6 is 0 Å². The molecule has 3 fully saturated rings. The third-order valence-electron chi connectivity index (χ3n) is 7.08. The molecule has 2 atom stereocenters. The fourth-order valence-electron chi connectivity index (χ4n) is 4.80. The quantitative estimate of drug-likeness (QED) is 0.758. The normalized spacial score (nSPS) is 31.5. The first-order valence-electron chi connectivity index (χ1n) is 11.1. The van der Waals surface area contributed by atoms with Crippen LogP contribution in [0, 0.1) is 11.8 Å². The highest BCUT2D eigenvalue weighted by Crippen LogP contribution is 2.40. The number of carbonyl (C=O) groups excluding carboxylic acids is 1. The molecule has 0 spiro atoms. The zero-order chi connectivity index (χ0) is 20.6. The average Bonchev–Trinajstić information content (AvgIpc) is 3.45. The first-order chi connectivity index (χ1) is 13.9. The number of hydrogen-bond donors (Lipinski definition) is 1. The molecule has 3 aliphatic rings. The van der Waals surface area contributed by atoms with Crippen LogP contribution in [0.15, 0.2) is 10.6 Å². The van der Waals surface area contributed by atoms with Gasteiger partial charge in [0.15, 0.2) is 5.69 Å². The van der Waals surface area contributed by atoms with E-state index in [4.69, 9.17) is 4.52 Å². The molecule has 1 amide bonds. The van der Waals surface area contributed by atoms with Crippen molar-refractivity contribution in [2.75, 3.05) is 13.1 Å². The van der Waals surface area contributed by atoms with Crippen molar-refractivity contribution in [3.63, 3.8) is 0 Å². The summed E-state index contributed by atoms with van der Waals surface area (Å²) in [7, 11) is -3.26. The van der Waals surface area contributed by atoms with Crippen molar-refractivity contribution >= 4 is 15.9 Å². The van der Waals surface area contributed by atoms with E-state index in [0.717, 1.165) is 50.7 Å². The Morgan fingerprint density at radius 1 is 1.21 bits per heavy atom. The lowest BCUT2D eigenvalue weighted by Crippen LogP contribution is -2.53.